The van der Waals surface area contributed by atoms with Crippen LogP contribution in [0.3, 0.4) is 0 Å². The summed E-state index contributed by atoms with van der Waals surface area (Å²) < 4.78 is 13.1. The lowest BCUT2D eigenvalue weighted by Gasteiger charge is -2.17. The van der Waals surface area contributed by atoms with E-state index in [-0.39, 0.29) is 12.4 Å². The van der Waals surface area contributed by atoms with Gasteiger partial charge in [0, 0.05) is 19.7 Å². The maximum Gasteiger partial charge on any atom is 0.123 e. The first-order valence-electron chi connectivity index (χ1n) is 5.77. The topological polar surface area (TPSA) is 23.5 Å². The van der Waals surface area contributed by atoms with Crippen LogP contribution < -0.4 is 0 Å². The van der Waals surface area contributed by atoms with Crippen molar-refractivity contribution in [2.75, 3.05) is 19.7 Å². The number of benzene rings is 1. The van der Waals surface area contributed by atoms with Crippen LogP contribution in [0.4, 0.5) is 4.39 Å². The SMILES string of the molecule is Cc1ccc(F)cc1CN1CCC(CO)C1. The molecule has 1 unspecified atom stereocenters. The molecule has 1 aliphatic rings. The second kappa shape index (κ2) is 4.93. The molecule has 0 radical (unpaired) electrons. The van der Waals surface area contributed by atoms with E-state index in [1.54, 1.807) is 6.07 Å². The Morgan fingerprint density at radius 1 is 1.50 bits per heavy atom. The first-order valence-corrected chi connectivity index (χ1v) is 5.77. The van der Waals surface area contributed by atoms with Gasteiger partial charge in [0.15, 0.2) is 0 Å². The smallest absolute Gasteiger partial charge is 0.123 e. The van der Waals surface area contributed by atoms with E-state index in [1.807, 2.05) is 13.0 Å². The number of likely N-dealkylation sites (tertiary alicyclic amines) is 1. The number of hydrogen-bond donors (Lipinski definition) is 1. The first-order chi connectivity index (χ1) is 7.69. The van der Waals surface area contributed by atoms with Crippen molar-refractivity contribution in [3.63, 3.8) is 0 Å². The Hall–Kier alpha value is -0.930. The van der Waals surface area contributed by atoms with Gasteiger partial charge in [-0.25, -0.2) is 4.39 Å². The summed E-state index contributed by atoms with van der Waals surface area (Å²) in [6.45, 7) is 4.99. The van der Waals surface area contributed by atoms with Crippen LogP contribution in [-0.4, -0.2) is 29.7 Å². The summed E-state index contributed by atoms with van der Waals surface area (Å²) in [7, 11) is 0. The second-order valence-corrected chi connectivity index (χ2v) is 4.64. The number of rotatable bonds is 3. The van der Waals surface area contributed by atoms with Crippen LogP contribution in [0, 0.1) is 18.7 Å². The molecular formula is C13H18FNO. The van der Waals surface area contributed by atoms with Crippen LogP contribution in [0.25, 0.3) is 0 Å². The van der Waals surface area contributed by atoms with Gasteiger partial charge in [-0.2, -0.15) is 0 Å². The molecule has 1 fully saturated rings. The van der Waals surface area contributed by atoms with Crippen molar-refractivity contribution in [2.45, 2.75) is 19.9 Å². The summed E-state index contributed by atoms with van der Waals surface area (Å²) in [5.74, 6) is 0.229. The third-order valence-corrected chi connectivity index (χ3v) is 3.33. The zero-order valence-corrected chi connectivity index (χ0v) is 9.62. The second-order valence-electron chi connectivity index (χ2n) is 4.64. The van der Waals surface area contributed by atoms with Crippen molar-refractivity contribution in [3.8, 4) is 0 Å². The summed E-state index contributed by atoms with van der Waals surface area (Å²) >= 11 is 0. The highest BCUT2D eigenvalue weighted by Crippen LogP contribution is 2.20. The fraction of sp³-hybridized carbons (Fsp3) is 0.538. The zero-order valence-electron chi connectivity index (χ0n) is 9.62. The minimum absolute atomic E-state index is 0.168. The Labute approximate surface area is 95.7 Å². The van der Waals surface area contributed by atoms with Crippen LogP contribution in [0.15, 0.2) is 18.2 Å². The van der Waals surface area contributed by atoms with Crippen molar-refractivity contribution < 1.29 is 9.50 Å². The molecule has 2 rings (SSSR count). The Bertz CT molecular complexity index is 367. The summed E-state index contributed by atoms with van der Waals surface area (Å²) in [5, 5.41) is 9.06. The molecule has 1 aromatic carbocycles. The molecule has 16 heavy (non-hydrogen) atoms. The summed E-state index contributed by atoms with van der Waals surface area (Å²) in [6, 6.07) is 4.94. The van der Waals surface area contributed by atoms with Gasteiger partial charge in [0.25, 0.3) is 0 Å². The van der Waals surface area contributed by atoms with Gasteiger partial charge in [0.05, 0.1) is 0 Å². The molecule has 0 amide bonds. The third-order valence-electron chi connectivity index (χ3n) is 3.33. The Balaban J connectivity index is 2.01. The van der Waals surface area contributed by atoms with Gasteiger partial charge < -0.3 is 5.11 Å². The fourth-order valence-electron chi connectivity index (χ4n) is 2.26. The quantitative estimate of drug-likeness (QED) is 0.846. The normalized spacial score (nSPS) is 21.6. The third kappa shape index (κ3) is 2.60. The monoisotopic (exact) mass is 223 g/mol. The predicted octanol–water partition coefficient (Wildman–Crippen LogP) is 1.95. The lowest BCUT2D eigenvalue weighted by molar-refractivity contribution is 0.220. The lowest BCUT2D eigenvalue weighted by atomic mass is 10.1. The van der Waals surface area contributed by atoms with Gasteiger partial charge in [-0.15, -0.1) is 0 Å². The van der Waals surface area contributed by atoms with Crippen molar-refractivity contribution in [3.05, 3.63) is 35.1 Å². The number of aliphatic hydroxyl groups is 1. The molecule has 1 N–H and O–H groups in total. The van der Waals surface area contributed by atoms with Crippen LogP contribution >= 0.6 is 0 Å². The molecular weight excluding hydrogens is 205 g/mol. The molecule has 2 nitrogen and oxygen atoms in total. The largest absolute Gasteiger partial charge is 0.396 e. The maximum atomic E-state index is 13.1. The molecule has 88 valence electrons. The molecule has 1 atom stereocenters. The molecule has 0 aromatic heterocycles. The summed E-state index contributed by atoms with van der Waals surface area (Å²) in [5.41, 5.74) is 2.19. The fourth-order valence-corrected chi connectivity index (χ4v) is 2.26. The number of aliphatic hydroxyl groups excluding tert-OH is 1. The van der Waals surface area contributed by atoms with E-state index in [1.165, 1.54) is 6.07 Å². The van der Waals surface area contributed by atoms with Gasteiger partial charge in [-0.3, -0.25) is 4.90 Å². The van der Waals surface area contributed by atoms with Crippen molar-refractivity contribution in [1.29, 1.82) is 0 Å². The molecule has 1 heterocycles. The van der Waals surface area contributed by atoms with E-state index in [0.29, 0.717) is 5.92 Å². The maximum absolute atomic E-state index is 13.1. The number of nitrogens with zero attached hydrogens (tertiary/aromatic N) is 1. The number of halogens is 1. The van der Waals surface area contributed by atoms with Gasteiger partial charge in [-0.05, 0) is 49.1 Å². The van der Waals surface area contributed by atoms with E-state index in [9.17, 15) is 4.39 Å². The molecule has 1 saturated heterocycles. The van der Waals surface area contributed by atoms with Gasteiger partial charge in [0.2, 0.25) is 0 Å². The zero-order chi connectivity index (χ0) is 11.5. The van der Waals surface area contributed by atoms with E-state index in [0.717, 1.165) is 37.2 Å². The van der Waals surface area contributed by atoms with Crippen LogP contribution in [-0.2, 0) is 6.54 Å². The average Bonchev–Trinajstić information content (AvgIpc) is 2.71. The van der Waals surface area contributed by atoms with Gasteiger partial charge in [0.1, 0.15) is 5.82 Å². The van der Waals surface area contributed by atoms with Crippen molar-refractivity contribution in [1.82, 2.24) is 4.90 Å². The highest BCUT2D eigenvalue weighted by molar-refractivity contribution is 5.26. The number of aryl methyl sites for hydroxylation is 1. The van der Waals surface area contributed by atoms with Gasteiger partial charge in [-0.1, -0.05) is 6.07 Å². The Morgan fingerprint density at radius 2 is 2.31 bits per heavy atom. The van der Waals surface area contributed by atoms with E-state index in [2.05, 4.69) is 4.90 Å². The minimum Gasteiger partial charge on any atom is -0.396 e. The van der Waals surface area contributed by atoms with Crippen LogP contribution in [0.1, 0.15) is 17.5 Å². The average molecular weight is 223 g/mol. The summed E-state index contributed by atoms with van der Waals surface area (Å²) in [4.78, 5) is 2.28. The highest BCUT2D eigenvalue weighted by atomic mass is 19.1. The molecule has 0 saturated carbocycles. The van der Waals surface area contributed by atoms with E-state index >= 15 is 0 Å². The molecule has 3 heteroatoms. The van der Waals surface area contributed by atoms with Crippen LogP contribution in [0.5, 0.6) is 0 Å². The summed E-state index contributed by atoms with van der Waals surface area (Å²) in [6.07, 6.45) is 1.05. The van der Waals surface area contributed by atoms with Gasteiger partial charge >= 0.3 is 0 Å². The van der Waals surface area contributed by atoms with Crippen molar-refractivity contribution in [2.24, 2.45) is 5.92 Å². The lowest BCUT2D eigenvalue weighted by Crippen LogP contribution is -2.21. The first kappa shape index (κ1) is 11.6. The van der Waals surface area contributed by atoms with Crippen LogP contribution in [0.2, 0.25) is 0 Å². The highest BCUT2D eigenvalue weighted by Gasteiger charge is 2.21. The molecule has 0 aliphatic carbocycles. The standard InChI is InChI=1S/C13H18FNO/c1-10-2-3-13(14)6-12(10)8-15-5-4-11(7-15)9-16/h2-3,6,11,16H,4-5,7-9H2,1H3. The molecule has 1 aromatic rings. The van der Waals surface area contributed by atoms with E-state index < -0.39 is 0 Å². The molecule has 0 bridgehead atoms. The molecule has 0 spiro atoms. The molecule has 1 aliphatic heterocycles. The van der Waals surface area contributed by atoms with E-state index in [4.69, 9.17) is 5.11 Å². The predicted molar refractivity (Wildman–Crippen MR) is 61.6 cm³/mol. The minimum atomic E-state index is -0.168. The number of hydrogen-bond acceptors (Lipinski definition) is 2. The Morgan fingerprint density at radius 3 is 3.00 bits per heavy atom. The Kier molecular flexibility index (Phi) is 3.56. The van der Waals surface area contributed by atoms with Crippen molar-refractivity contribution >= 4 is 0 Å².